The second-order valence-corrected chi connectivity index (χ2v) is 16.6. The maximum Gasteiger partial charge on any atom is 0.0541 e. The monoisotopic (exact) mass is 761 g/mol. The second-order valence-electron chi connectivity index (χ2n) is 16.6. The topological polar surface area (TPSA) is 25.6 Å². The fourth-order valence-electron chi connectivity index (χ4n) is 9.49. The minimum Gasteiger partial charge on any atom is -0.355 e. The molecule has 3 heteroatoms. The fourth-order valence-corrected chi connectivity index (χ4v) is 9.49. The van der Waals surface area contributed by atoms with Gasteiger partial charge < -0.3 is 14.1 Å². The van der Waals surface area contributed by atoms with Crippen molar-refractivity contribution in [2.45, 2.75) is 52.4 Å². The lowest BCUT2D eigenvalue weighted by molar-refractivity contribution is 0.735. The van der Waals surface area contributed by atoms with E-state index in [1.807, 2.05) is 0 Å². The van der Waals surface area contributed by atoms with Gasteiger partial charge in [-0.15, -0.1) is 0 Å². The van der Waals surface area contributed by atoms with Crippen molar-refractivity contribution >= 4 is 65.4 Å². The molecule has 0 radical (unpaired) electrons. The number of aromatic nitrogens is 3. The van der Waals surface area contributed by atoms with Crippen molar-refractivity contribution in [3.8, 4) is 33.6 Å². The predicted octanol–water partition coefficient (Wildman–Crippen LogP) is 15.9. The molecule has 0 saturated heterocycles. The molecule has 2 atom stereocenters. The van der Waals surface area contributed by atoms with Crippen molar-refractivity contribution < 1.29 is 0 Å². The molecule has 1 N–H and O–H groups in total. The lowest BCUT2D eigenvalue weighted by Gasteiger charge is -2.10. The largest absolute Gasteiger partial charge is 0.355 e. The van der Waals surface area contributed by atoms with Crippen LogP contribution in [0.1, 0.15) is 63.5 Å². The van der Waals surface area contributed by atoms with E-state index >= 15 is 0 Å². The lowest BCUT2D eigenvalue weighted by Crippen LogP contribution is -1.94. The second kappa shape index (κ2) is 13.9. The Morgan fingerprint density at radius 2 is 0.712 bits per heavy atom. The molecular weight excluding hydrogens is 715 g/mol. The first-order valence-corrected chi connectivity index (χ1v) is 21.3. The molecule has 0 aliphatic carbocycles. The Morgan fingerprint density at radius 3 is 1.10 bits per heavy atom. The van der Waals surface area contributed by atoms with Gasteiger partial charge in [-0.2, -0.15) is 0 Å². The number of nitrogens with zero attached hydrogens (tertiary/aromatic N) is 2. The van der Waals surface area contributed by atoms with Crippen LogP contribution in [0.4, 0.5) is 0 Å². The van der Waals surface area contributed by atoms with Crippen LogP contribution in [0.15, 0.2) is 170 Å². The Balaban J connectivity index is 1.05. The standard InChI is InChI=1S/C56H47N3/c1-5-35(3)37-19-25-53-47(29-37)49-33-41(21-27-55(49)58(53)43-13-9-7-10-14-43)39-17-23-51-45(31-39)46-32-40(18-24-52(46)57-51)42-22-28-56-50(34-42)48-30-38(36(4)6-2)20-26-54(48)59(56)44-15-11-8-12-16-44/h7-36,57H,5-6H2,1-4H3. The zero-order chi connectivity index (χ0) is 39.8. The van der Waals surface area contributed by atoms with Gasteiger partial charge in [0.05, 0.1) is 22.1 Å². The number of para-hydroxylation sites is 2. The highest BCUT2D eigenvalue weighted by atomic mass is 15.0. The average Bonchev–Trinajstić information content (AvgIpc) is 3.94. The SMILES string of the molecule is CCC(C)c1ccc2c(c1)c1cc(-c3ccc4[nH]c5ccc(-c6ccc7c(c6)c6cc(C(C)CC)ccc6n7-c6ccccc6)cc5c4c3)ccc1n2-c1ccccc1. The Hall–Kier alpha value is -6.84. The summed E-state index contributed by atoms with van der Waals surface area (Å²) in [6.45, 7) is 9.21. The van der Waals surface area contributed by atoms with Crippen LogP contribution in [-0.2, 0) is 0 Å². The average molecular weight is 762 g/mol. The molecule has 0 aliphatic rings. The highest BCUT2D eigenvalue weighted by Gasteiger charge is 2.18. The highest BCUT2D eigenvalue weighted by molar-refractivity contribution is 6.14. The van der Waals surface area contributed by atoms with Crippen molar-refractivity contribution in [1.29, 1.82) is 0 Å². The summed E-state index contributed by atoms with van der Waals surface area (Å²) in [5.74, 6) is 1.01. The van der Waals surface area contributed by atoms with E-state index in [4.69, 9.17) is 0 Å². The van der Waals surface area contributed by atoms with Crippen molar-refractivity contribution in [3.05, 3.63) is 181 Å². The first-order valence-electron chi connectivity index (χ1n) is 21.3. The molecule has 3 aromatic heterocycles. The van der Waals surface area contributed by atoms with Crippen LogP contribution < -0.4 is 0 Å². The summed E-state index contributed by atoms with van der Waals surface area (Å²) in [5, 5.41) is 7.67. The predicted molar refractivity (Wildman–Crippen MR) is 253 cm³/mol. The molecule has 0 fully saturated rings. The van der Waals surface area contributed by atoms with E-state index in [1.54, 1.807) is 0 Å². The molecule has 3 nitrogen and oxygen atoms in total. The third kappa shape index (κ3) is 5.71. The maximum absolute atomic E-state index is 3.72. The van der Waals surface area contributed by atoms with Crippen molar-refractivity contribution in [1.82, 2.24) is 14.1 Å². The van der Waals surface area contributed by atoms with Crippen LogP contribution in [0.2, 0.25) is 0 Å². The molecule has 0 amide bonds. The Kier molecular flexibility index (Phi) is 8.34. The summed E-state index contributed by atoms with van der Waals surface area (Å²) in [5.41, 5.74) is 17.3. The van der Waals surface area contributed by atoms with Gasteiger partial charge >= 0.3 is 0 Å². The van der Waals surface area contributed by atoms with Crippen molar-refractivity contribution in [3.63, 3.8) is 0 Å². The normalized spacial score (nSPS) is 13.1. The van der Waals surface area contributed by atoms with E-state index < -0.39 is 0 Å². The zero-order valence-corrected chi connectivity index (χ0v) is 34.1. The molecule has 0 saturated carbocycles. The first kappa shape index (κ1) is 35.3. The molecule has 11 rings (SSSR count). The van der Waals surface area contributed by atoms with Crippen molar-refractivity contribution in [2.24, 2.45) is 0 Å². The number of nitrogens with one attached hydrogen (secondary N) is 1. The third-order valence-corrected chi connectivity index (χ3v) is 13.2. The minimum atomic E-state index is 0.506. The third-order valence-electron chi connectivity index (χ3n) is 13.2. The molecular formula is C56H47N3. The Labute approximate surface area is 345 Å². The smallest absolute Gasteiger partial charge is 0.0541 e. The van der Waals surface area contributed by atoms with Gasteiger partial charge in [0.25, 0.3) is 0 Å². The molecule has 8 aromatic carbocycles. The van der Waals surface area contributed by atoms with E-state index in [0.717, 1.165) is 23.9 Å². The van der Waals surface area contributed by atoms with E-state index in [0.29, 0.717) is 11.8 Å². The molecule has 2 unspecified atom stereocenters. The van der Waals surface area contributed by atoms with E-state index in [1.165, 1.54) is 99.1 Å². The summed E-state index contributed by atoms with van der Waals surface area (Å²) in [6.07, 6.45) is 2.24. The fraction of sp³-hybridized carbons (Fsp3) is 0.143. The van der Waals surface area contributed by atoms with Gasteiger partial charge in [-0.05, 0) is 155 Å². The lowest BCUT2D eigenvalue weighted by atomic mass is 9.95. The Morgan fingerprint density at radius 1 is 0.373 bits per heavy atom. The molecule has 286 valence electrons. The van der Waals surface area contributed by atoms with Crippen LogP contribution in [-0.4, -0.2) is 14.1 Å². The number of rotatable bonds is 8. The molecule has 0 bridgehead atoms. The summed E-state index contributed by atoms with van der Waals surface area (Å²) in [7, 11) is 0. The van der Waals surface area contributed by atoms with Crippen LogP contribution in [0.25, 0.3) is 99.0 Å². The van der Waals surface area contributed by atoms with Crippen LogP contribution >= 0.6 is 0 Å². The molecule has 11 aromatic rings. The summed E-state index contributed by atoms with van der Waals surface area (Å²) < 4.78 is 4.83. The number of H-pyrrole nitrogens is 1. The molecule has 0 spiro atoms. The van der Waals surface area contributed by atoms with E-state index in [9.17, 15) is 0 Å². The molecule has 0 aliphatic heterocycles. The number of benzene rings is 8. The van der Waals surface area contributed by atoms with Crippen LogP contribution in [0, 0.1) is 0 Å². The van der Waals surface area contributed by atoms with Gasteiger partial charge in [-0.3, -0.25) is 0 Å². The van der Waals surface area contributed by atoms with Gasteiger partial charge in [0.2, 0.25) is 0 Å². The van der Waals surface area contributed by atoms with Gasteiger partial charge in [0.15, 0.2) is 0 Å². The summed E-state index contributed by atoms with van der Waals surface area (Å²) >= 11 is 0. The van der Waals surface area contributed by atoms with Crippen LogP contribution in [0.3, 0.4) is 0 Å². The van der Waals surface area contributed by atoms with Gasteiger partial charge in [-0.25, -0.2) is 0 Å². The molecule has 3 heterocycles. The number of fused-ring (bicyclic) bond motifs is 9. The van der Waals surface area contributed by atoms with Gasteiger partial charge in [0.1, 0.15) is 0 Å². The number of aromatic amines is 1. The van der Waals surface area contributed by atoms with Crippen molar-refractivity contribution in [2.75, 3.05) is 0 Å². The van der Waals surface area contributed by atoms with Gasteiger partial charge in [-0.1, -0.05) is 100 Å². The summed E-state index contributed by atoms with van der Waals surface area (Å²) in [4.78, 5) is 3.72. The van der Waals surface area contributed by atoms with E-state index in [-0.39, 0.29) is 0 Å². The maximum atomic E-state index is 3.72. The highest BCUT2D eigenvalue weighted by Crippen LogP contribution is 2.40. The molecule has 59 heavy (non-hydrogen) atoms. The van der Waals surface area contributed by atoms with Crippen LogP contribution in [0.5, 0.6) is 0 Å². The minimum absolute atomic E-state index is 0.506. The Bertz CT molecular complexity index is 3150. The zero-order valence-electron chi connectivity index (χ0n) is 34.1. The quantitative estimate of drug-likeness (QED) is 0.160. The first-order chi connectivity index (χ1) is 29.0. The van der Waals surface area contributed by atoms with Gasteiger partial charge in [0, 0.05) is 54.7 Å². The summed E-state index contributed by atoms with van der Waals surface area (Å²) in [6, 6.07) is 63.5. The van der Waals surface area contributed by atoms with E-state index in [2.05, 4.69) is 212 Å². The number of hydrogen-bond acceptors (Lipinski definition) is 0. The number of hydrogen-bond donors (Lipinski definition) is 1.